The Hall–Kier alpha value is -1.40. The van der Waals surface area contributed by atoms with Crippen LogP contribution in [0.1, 0.15) is 18.7 Å². The first-order chi connectivity index (χ1) is 5.93. The number of hydrogen-bond acceptors (Lipinski definition) is 3. The van der Waals surface area contributed by atoms with Crippen LogP contribution >= 0.6 is 0 Å². The van der Waals surface area contributed by atoms with Gasteiger partial charge in [0, 0.05) is 25.4 Å². The zero-order valence-electron chi connectivity index (χ0n) is 6.70. The molecule has 0 radical (unpaired) electrons. The van der Waals surface area contributed by atoms with Crippen LogP contribution in [0.2, 0.25) is 0 Å². The van der Waals surface area contributed by atoms with Crippen molar-refractivity contribution in [3.05, 3.63) is 24.3 Å². The molecule has 0 bridgehead atoms. The predicted molar refractivity (Wildman–Crippen MR) is 45.2 cm³/mol. The second-order valence-electron chi connectivity index (χ2n) is 2.20. The molecule has 0 saturated carbocycles. The maximum Gasteiger partial charge on any atom is 0.204 e. The molecule has 3 nitrogen and oxygen atoms in total. The van der Waals surface area contributed by atoms with Gasteiger partial charge in [-0.25, -0.2) is 9.97 Å². The van der Waals surface area contributed by atoms with Crippen molar-refractivity contribution in [1.29, 1.82) is 0 Å². The van der Waals surface area contributed by atoms with Crippen molar-refractivity contribution in [2.24, 2.45) is 0 Å². The van der Waals surface area contributed by atoms with Gasteiger partial charge in [0.25, 0.3) is 0 Å². The monoisotopic (exact) mass is 162 g/mol. The van der Waals surface area contributed by atoms with Gasteiger partial charge in [0.1, 0.15) is 0 Å². The Bertz CT molecular complexity index is 274. The minimum absolute atomic E-state index is 0.185. The van der Waals surface area contributed by atoms with E-state index >= 15 is 0 Å². The zero-order valence-corrected chi connectivity index (χ0v) is 6.70. The number of aliphatic hydroxyl groups is 1. The van der Waals surface area contributed by atoms with Crippen LogP contribution < -0.4 is 0 Å². The van der Waals surface area contributed by atoms with E-state index in [0.717, 1.165) is 0 Å². The molecule has 0 spiro atoms. The molecule has 0 unspecified atom stereocenters. The Kier molecular flexibility index (Phi) is 3.82. The molecule has 1 rings (SSSR count). The van der Waals surface area contributed by atoms with Gasteiger partial charge < -0.3 is 5.11 Å². The van der Waals surface area contributed by atoms with Crippen molar-refractivity contribution < 1.29 is 5.11 Å². The highest BCUT2D eigenvalue weighted by Gasteiger charge is 1.83. The SMILES string of the molecule is OCCCC#Cc1ncccn1. The third kappa shape index (κ3) is 3.13. The maximum atomic E-state index is 8.46. The van der Waals surface area contributed by atoms with Crippen LogP contribution in [-0.2, 0) is 0 Å². The lowest BCUT2D eigenvalue weighted by molar-refractivity contribution is 0.290. The van der Waals surface area contributed by atoms with Crippen LogP contribution in [0, 0.1) is 11.8 Å². The average Bonchev–Trinajstić information content (AvgIpc) is 2.14. The third-order valence-electron chi connectivity index (χ3n) is 1.23. The van der Waals surface area contributed by atoms with E-state index in [9.17, 15) is 0 Å². The van der Waals surface area contributed by atoms with Crippen molar-refractivity contribution >= 4 is 0 Å². The summed E-state index contributed by atoms with van der Waals surface area (Å²) in [5, 5.41) is 8.46. The van der Waals surface area contributed by atoms with Crippen LogP contribution in [0.5, 0.6) is 0 Å². The van der Waals surface area contributed by atoms with Crippen molar-refractivity contribution in [2.45, 2.75) is 12.8 Å². The van der Waals surface area contributed by atoms with E-state index in [1.807, 2.05) is 0 Å². The molecule has 3 heteroatoms. The van der Waals surface area contributed by atoms with E-state index in [4.69, 9.17) is 5.11 Å². The Balaban J connectivity index is 2.44. The van der Waals surface area contributed by atoms with Crippen molar-refractivity contribution in [2.75, 3.05) is 6.61 Å². The van der Waals surface area contributed by atoms with Gasteiger partial charge in [-0.2, -0.15) is 0 Å². The lowest BCUT2D eigenvalue weighted by atomic mass is 10.3. The molecule has 1 heterocycles. The zero-order chi connectivity index (χ0) is 8.65. The molecule has 0 saturated heterocycles. The first-order valence-corrected chi connectivity index (χ1v) is 3.80. The molecule has 0 atom stereocenters. The summed E-state index contributed by atoms with van der Waals surface area (Å²) in [4.78, 5) is 7.86. The number of aliphatic hydroxyl groups excluding tert-OH is 1. The van der Waals surface area contributed by atoms with Crippen molar-refractivity contribution in [3.63, 3.8) is 0 Å². The highest BCUT2D eigenvalue weighted by atomic mass is 16.2. The molecule has 1 N–H and O–H groups in total. The Morgan fingerprint density at radius 2 is 2.08 bits per heavy atom. The summed E-state index contributed by atoms with van der Waals surface area (Å²) < 4.78 is 0. The topological polar surface area (TPSA) is 46.0 Å². The van der Waals surface area contributed by atoms with Crippen molar-refractivity contribution in [1.82, 2.24) is 9.97 Å². The highest BCUT2D eigenvalue weighted by Crippen LogP contribution is 1.86. The largest absolute Gasteiger partial charge is 0.396 e. The molecule has 62 valence electrons. The number of hydrogen-bond donors (Lipinski definition) is 1. The average molecular weight is 162 g/mol. The smallest absolute Gasteiger partial charge is 0.204 e. The Morgan fingerprint density at radius 3 is 2.75 bits per heavy atom. The highest BCUT2D eigenvalue weighted by molar-refractivity contribution is 5.19. The second-order valence-corrected chi connectivity index (χ2v) is 2.20. The maximum absolute atomic E-state index is 8.46. The minimum Gasteiger partial charge on any atom is -0.396 e. The van der Waals surface area contributed by atoms with Gasteiger partial charge >= 0.3 is 0 Å². The van der Waals surface area contributed by atoms with Crippen LogP contribution in [0.25, 0.3) is 0 Å². The van der Waals surface area contributed by atoms with E-state index in [1.165, 1.54) is 0 Å². The lowest BCUT2D eigenvalue weighted by Gasteiger charge is -1.85. The van der Waals surface area contributed by atoms with Crippen LogP contribution in [-0.4, -0.2) is 21.7 Å². The summed E-state index contributed by atoms with van der Waals surface area (Å²) in [6, 6.07) is 1.75. The number of rotatable bonds is 2. The quantitative estimate of drug-likeness (QED) is 0.511. The van der Waals surface area contributed by atoms with Crippen LogP contribution in [0.15, 0.2) is 18.5 Å². The lowest BCUT2D eigenvalue weighted by Crippen LogP contribution is -1.85. The number of aromatic nitrogens is 2. The fraction of sp³-hybridized carbons (Fsp3) is 0.333. The molecule has 1 aromatic rings. The summed E-state index contributed by atoms with van der Waals surface area (Å²) in [5.74, 6) is 6.20. The molecular formula is C9H10N2O. The first-order valence-electron chi connectivity index (χ1n) is 3.80. The van der Waals surface area contributed by atoms with E-state index in [0.29, 0.717) is 18.7 Å². The summed E-state index contributed by atoms with van der Waals surface area (Å²) >= 11 is 0. The second kappa shape index (κ2) is 5.28. The van der Waals surface area contributed by atoms with Crippen LogP contribution in [0.3, 0.4) is 0 Å². The fourth-order valence-electron chi connectivity index (χ4n) is 0.673. The molecule has 1 aromatic heterocycles. The molecule has 0 aliphatic rings. The van der Waals surface area contributed by atoms with E-state index in [2.05, 4.69) is 21.8 Å². The van der Waals surface area contributed by atoms with Gasteiger partial charge in [-0.1, -0.05) is 5.92 Å². The van der Waals surface area contributed by atoms with Gasteiger partial charge in [-0.15, -0.1) is 0 Å². The normalized spacial score (nSPS) is 8.75. The summed E-state index contributed by atoms with van der Waals surface area (Å²) in [5.41, 5.74) is 0. The third-order valence-corrected chi connectivity index (χ3v) is 1.23. The molecule has 0 amide bonds. The van der Waals surface area contributed by atoms with E-state index in [-0.39, 0.29) is 6.61 Å². The van der Waals surface area contributed by atoms with Gasteiger partial charge in [-0.3, -0.25) is 0 Å². The Labute approximate surface area is 71.5 Å². The van der Waals surface area contributed by atoms with Crippen LogP contribution in [0.4, 0.5) is 0 Å². The standard InChI is InChI=1S/C9H10N2O/c12-8-3-1-2-5-9-10-6-4-7-11-9/h4,6-7,12H,1,3,8H2. The molecule has 12 heavy (non-hydrogen) atoms. The van der Waals surface area contributed by atoms with E-state index in [1.54, 1.807) is 18.5 Å². The van der Waals surface area contributed by atoms with E-state index < -0.39 is 0 Å². The molecule has 0 aliphatic carbocycles. The summed E-state index contributed by atoms with van der Waals surface area (Å²) in [6.07, 6.45) is 4.71. The minimum atomic E-state index is 0.185. The van der Waals surface area contributed by atoms with Gasteiger partial charge in [0.15, 0.2) is 0 Å². The summed E-state index contributed by atoms with van der Waals surface area (Å²) in [6.45, 7) is 0.185. The summed E-state index contributed by atoms with van der Waals surface area (Å²) in [7, 11) is 0. The fourth-order valence-corrected chi connectivity index (χ4v) is 0.673. The number of nitrogens with zero attached hydrogens (tertiary/aromatic N) is 2. The van der Waals surface area contributed by atoms with Crippen molar-refractivity contribution in [3.8, 4) is 11.8 Å². The number of unbranched alkanes of at least 4 members (excludes halogenated alkanes) is 1. The van der Waals surface area contributed by atoms with Gasteiger partial charge in [-0.05, 0) is 18.4 Å². The molecular weight excluding hydrogens is 152 g/mol. The predicted octanol–water partition coefficient (Wildman–Crippen LogP) is 0.601. The molecule has 0 aromatic carbocycles. The van der Waals surface area contributed by atoms with Gasteiger partial charge in [0.05, 0.1) is 0 Å². The molecule has 0 fully saturated rings. The molecule has 0 aliphatic heterocycles. The van der Waals surface area contributed by atoms with Gasteiger partial charge in [0.2, 0.25) is 5.82 Å². The first kappa shape index (κ1) is 8.69. The Morgan fingerprint density at radius 1 is 1.33 bits per heavy atom.